The molecule has 3 nitrogen and oxygen atoms in total. The summed E-state index contributed by atoms with van der Waals surface area (Å²) in [5.74, 6) is -0.885. The molecule has 18 heavy (non-hydrogen) atoms. The average Bonchev–Trinajstić information content (AvgIpc) is 2.62. The van der Waals surface area contributed by atoms with E-state index in [1.54, 1.807) is 0 Å². The van der Waals surface area contributed by atoms with Gasteiger partial charge in [0.2, 0.25) is 0 Å². The fourth-order valence-electron chi connectivity index (χ4n) is 3.09. The molecule has 3 rings (SSSR count). The van der Waals surface area contributed by atoms with Crippen molar-refractivity contribution in [2.24, 2.45) is 13.0 Å². The lowest BCUT2D eigenvalue weighted by atomic mass is 9.87. The van der Waals surface area contributed by atoms with Crippen molar-refractivity contribution in [3.8, 4) is 0 Å². The van der Waals surface area contributed by atoms with E-state index >= 15 is 0 Å². The predicted molar refractivity (Wildman–Crippen MR) is 70.8 cm³/mol. The molecular formula is C15H17NO2. The lowest BCUT2D eigenvalue weighted by Gasteiger charge is -2.20. The van der Waals surface area contributed by atoms with Crippen molar-refractivity contribution >= 4 is 16.9 Å². The largest absolute Gasteiger partial charge is 0.481 e. The van der Waals surface area contributed by atoms with Crippen LogP contribution >= 0.6 is 0 Å². The first-order valence-corrected chi connectivity index (χ1v) is 6.37. The molecule has 0 saturated carbocycles. The molecule has 1 aromatic heterocycles. The van der Waals surface area contributed by atoms with Crippen molar-refractivity contribution in [3.63, 3.8) is 0 Å². The van der Waals surface area contributed by atoms with Crippen molar-refractivity contribution in [1.29, 1.82) is 0 Å². The maximum absolute atomic E-state index is 11.1. The van der Waals surface area contributed by atoms with Crippen LogP contribution in [0.2, 0.25) is 0 Å². The maximum Gasteiger partial charge on any atom is 0.306 e. The van der Waals surface area contributed by atoms with Crippen LogP contribution in [0.15, 0.2) is 18.2 Å². The molecule has 0 aliphatic heterocycles. The number of aromatic nitrogens is 1. The minimum atomic E-state index is -0.665. The van der Waals surface area contributed by atoms with Gasteiger partial charge in [-0.25, -0.2) is 0 Å². The van der Waals surface area contributed by atoms with Crippen LogP contribution in [0.3, 0.4) is 0 Å². The minimum Gasteiger partial charge on any atom is -0.481 e. The highest BCUT2D eigenvalue weighted by molar-refractivity contribution is 5.87. The van der Waals surface area contributed by atoms with E-state index in [1.807, 2.05) is 7.05 Å². The van der Waals surface area contributed by atoms with Gasteiger partial charge in [0.25, 0.3) is 0 Å². The summed E-state index contributed by atoms with van der Waals surface area (Å²) in [6, 6.07) is 6.47. The third-order valence-electron chi connectivity index (χ3n) is 4.12. The second-order valence-electron chi connectivity index (χ2n) is 5.28. The van der Waals surface area contributed by atoms with Gasteiger partial charge in [-0.3, -0.25) is 4.79 Å². The molecule has 1 aliphatic rings. The second kappa shape index (κ2) is 3.87. The van der Waals surface area contributed by atoms with E-state index in [2.05, 4.69) is 29.7 Å². The van der Waals surface area contributed by atoms with Gasteiger partial charge >= 0.3 is 5.97 Å². The number of carbonyl (C=O) groups is 1. The Morgan fingerprint density at radius 2 is 2.22 bits per heavy atom. The van der Waals surface area contributed by atoms with Crippen LogP contribution in [0, 0.1) is 12.8 Å². The molecule has 1 N–H and O–H groups in total. The third-order valence-corrected chi connectivity index (χ3v) is 4.12. The smallest absolute Gasteiger partial charge is 0.306 e. The molecule has 0 amide bonds. The normalized spacial score (nSPS) is 18.9. The van der Waals surface area contributed by atoms with Gasteiger partial charge < -0.3 is 9.67 Å². The SMILES string of the molecule is Cc1ccc2c(c1)c1c(n2C)CC(C(=O)O)CC1. The highest BCUT2D eigenvalue weighted by Gasteiger charge is 2.28. The Bertz CT molecular complexity index is 639. The number of aryl methyl sites for hydroxylation is 3. The summed E-state index contributed by atoms with van der Waals surface area (Å²) in [5, 5.41) is 10.5. The number of aliphatic carboxylic acids is 1. The molecule has 1 heterocycles. The monoisotopic (exact) mass is 243 g/mol. The summed E-state index contributed by atoms with van der Waals surface area (Å²) >= 11 is 0. The number of hydrogen-bond acceptors (Lipinski definition) is 1. The Morgan fingerprint density at radius 3 is 2.94 bits per heavy atom. The average molecular weight is 243 g/mol. The summed E-state index contributed by atoms with van der Waals surface area (Å²) in [7, 11) is 2.04. The maximum atomic E-state index is 11.1. The molecule has 0 bridgehead atoms. The van der Waals surface area contributed by atoms with Crippen molar-refractivity contribution in [3.05, 3.63) is 35.0 Å². The predicted octanol–water partition coefficient (Wildman–Crippen LogP) is 2.68. The molecule has 1 unspecified atom stereocenters. The van der Waals surface area contributed by atoms with Crippen LogP contribution in [-0.2, 0) is 24.7 Å². The van der Waals surface area contributed by atoms with Crippen molar-refractivity contribution < 1.29 is 9.90 Å². The van der Waals surface area contributed by atoms with E-state index in [0.717, 1.165) is 12.8 Å². The fourth-order valence-corrected chi connectivity index (χ4v) is 3.09. The van der Waals surface area contributed by atoms with Crippen LogP contribution in [0.25, 0.3) is 10.9 Å². The number of carboxylic acid groups (broad SMARTS) is 1. The zero-order valence-corrected chi connectivity index (χ0v) is 10.7. The highest BCUT2D eigenvalue weighted by Crippen LogP contribution is 2.34. The topological polar surface area (TPSA) is 42.2 Å². The first-order chi connectivity index (χ1) is 8.58. The first-order valence-electron chi connectivity index (χ1n) is 6.37. The van der Waals surface area contributed by atoms with E-state index in [1.165, 1.54) is 27.7 Å². The fraction of sp³-hybridized carbons (Fsp3) is 0.400. The summed E-state index contributed by atoms with van der Waals surface area (Å²) in [6.45, 7) is 2.10. The number of carboxylic acids is 1. The van der Waals surface area contributed by atoms with Gasteiger partial charge in [-0.1, -0.05) is 11.6 Å². The van der Waals surface area contributed by atoms with Gasteiger partial charge in [0.1, 0.15) is 0 Å². The third kappa shape index (κ3) is 1.54. The molecule has 0 radical (unpaired) electrons. The van der Waals surface area contributed by atoms with E-state index in [9.17, 15) is 4.79 Å². The number of rotatable bonds is 1. The van der Waals surface area contributed by atoms with Gasteiger partial charge in [0.15, 0.2) is 0 Å². The Labute approximate surface area is 106 Å². The van der Waals surface area contributed by atoms with Gasteiger partial charge in [-0.05, 0) is 37.5 Å². The Kier molecular flexibility index (Phi) is 2.44. The molecule has 0 saturated heterocycles. The summed E-state index contributed by atoms with van der Waals surface area (Å²) < 4.78 is 2.17. The molecule has 0 spiro atoms. The quantitative estimate of drug-likeness (QED) is 0.836. The van der Waals surface area contributed by atoms with Crippen LogP contribution in [0.4, 0.5) is 0 Å². The van der Waals surface area contributed by atoms with Crippen LogP contribution in [0.5, 0.6) is 0 Å². The van der Waals surface area contributed by atoms with E-state index in [-0.39, 0.29) is 5.92 Å². The summed E-state index contributed by atoms with van der Waals surface area (Å²) in [5.41, 5.74) is 5.04. The van der Waals surface area contributed by atoms with Crippen LogP contribution in [-0.4, -0.2) is 15.6 Å². The zero-order chi connectivity index (χ0) is 12.9. The lowest BCUT2D eigenvalue weighted by molar-refractivity contribution is -0.142. The van der Waals surface area contributed by atoms with E-state index in [4.69, 9.17) is 5.11 Å². The van der Waals surface area contributed by atoms with Crippen LogP contribution < -0.4 is 0 Å². The minimum absolute atomic E-state index is 0.221. The molecule has 2 aromatic rings. The van der Waals surface area contributed by atoms with Gasteiger partial charge in [-0.2, -0.15) is 0 Å². The number of fused-ring (bicyclic) bond motifs is 3. The Morgan fingerprint density at radius 1 is 1.44 bits per heavy atom. The molecule has 3 heteroatoms. The van der Waals surface area contributed by atoms with E-state index < -0.39 is 5.97 Å². The van der Waals surface area contributed by atoms with Gasteiger partial charge in [0.05, 0.1) is 5.92 Å². The van der Waals surface area contributed by atoms with Crippen LogP contribution in [0.1, 0.15) is 23.2 Å². The van der Waals surface area contributed by atoms with Crippen molar-refractivity contribution in [2.75, 3.05) is 0 Å². The Balaban J connectivity index is 2.19. The van der Waals surface area contributed by atoms with Gasteiger partial charge in [-0.15, -0.1) is 0 Å². The Hall–Kier alpha value is -1.77. The molecule has 0 fully saturated rings. The standard InChI is InChI=1S/C15H17NO2/c1-9-3-6-13-12(7-9)11-5-4-10(15(17)18)8-14(11)16(13)2/h3,6-7,10H,4-5,8H2,1-2H3,(H,17,18). The molecular weight excluding hydrogens is 226 g/mol. The van der Waals surface area contributed by atoms with Gasteiger partial charge in [0, 0.05) is 30.1 Å². The number of nitrogens with zero attached hydrogens (tertiary/aromatic N) is 1. The first kappa shape index (κ1) is 11.3. The molecule has 1 aromatic carbocycles. The molecule has 1 atom stereocenters. The van der Waals surface area contributed by atoms with Crippen molar-refractivity contribution in [1.82, 2.24) is 4.57 Å². The van der Waals surface area contributed by atoms with Crippen molar-refractivity contribution in [2.45, 2.75) is 26.2 Å². The summed E-state index contributed by atoms with van der Waals surface area (Å²) in [6.07, 6.45) is 2.30. The highest BCUT2D eigenvalue weighted by atomic mass is 16.4. The second-order valence-corrected chi connectivity index (χ2v) is 5.28. The number of hydrogen-bond donors (Lipinski definition) is 1. The number of benzene rings is 1. The lowest BCUT2D eigenvalue weighted by Crippen LogP contribution is -2.23. The van der Waals surface area contributed by atoms with E-state index in [0.29, 0.717) is 6.42 Å². The molecule has 1 aliphatic carbocycles. The zero-order valence-electron chi connectivity index (χ0n) is 10.7. The summed E-state index contributed by atoms with van der Waals surface area (Å²) in [4.78, 5) is 11.1. The molecule has 94 valence electrons.